The Balaban J connectivity index is 1.84. The minimum Gasteiger partial charge on any atom is -0.377 e. The summed E-state index contributed by atoms with van der Waals surface area (Å²) in [5.74, 6) is 0.101. The van der Waals surface area contributed by atoms with Crippen molar-refractivity contribution in [3.05, 3.63) is 29.3 Å². The van der Waals surface area contributed by atoms with Crippen LogP contribution in [0.2, 0.25) is 0 Å². The van der Waals surface area contributed by atoms with Gasteiger partial charge in [-0.3, -0.25) is 9.59 Å². The second-order valence-corrected chi connectivity index (χ2v) is 5.69. The van der Waals surface area contributed by atoms with Gasteiger partial charge in [-0.25, -0.2) is 0 Å². The van der Waals surface area contributed by atoms with Crippen LogP contribution in [0, 0.1) is 0 Å². The Morgan fingerprint density at radius 3 is 2.81 bits per heavy atom. The normalized spacial score (nSPS) is 21.3. The van der Waals surface area contributed by atoms with Gasteiger partial charge in [-0.2, -0.15) is 0 Å². The van der Waals surface area contributed by atoms with Crippen LogP contribution in [-0.2, 0) is 16.0 Å². The van der Waals surface area contributed by atoms with Crippen molar-refractivity contribution < 1.29 is 14.3 Å². The quantitative estimate of drug-likeness (QED) is 0.786. The number of nitrogens with zero attached hydrogens (tertiary/aromatic N) is 2. The van der Waals surface area contributed by atoms with Crippen molar-refractivity contribution in [2.45, 2.75) is 26.3 Å². The lowest BCUT2D eigenvalue weighted by Crippen LogP contribution is -2.47. The molecule has 0 spiro atoms. The second-order valence-electron chi connectivity index (χ2n) is 5.69. The molecule has 21 heavy (non-hydrogen) atoms. The second kappa shape index (κ2) is 5.48. The van der Waals surface area contributed by atoms with E-state index in [-0.39, 0.29) is 17.9 Å². The summed E-state index contributed by atoms with van der Waals surface area (Å²) in [7, 11) is 0. The Kier molecular flexibility index (Phi) is 3.68. The number of hydrogen-bond donors (Lipinski definition) is 0. The van der Waals surface area contributed by atoms with Gasteiger partial charge in [0.1, 0.15) is 0 Å². The largest absolute Gasteiger partial charge is 0.377 e. The Morgan fingerprint density at radius 1 is 1.29 bits per heavy atom. The summed E-state index contributed by atoms with van der Waals surface area (Å²) in [6.07, 6.45) is 0.814. The lowest BCUT2D eigenvalue weighted by atomic mass is 10.1. The molecule has 5 nitrogen and oxygen atoms in total. The van der Waals surface area contributed by atoms with Crippen molar-refractivity contribution in [1.82, 2.24) is 4.90 Å². The number of morpholine rings is 1. The molecular weight excluding hydrogens is 268 g/mol. The predicted octanol–water partition coefficient (Wildman–Crippen LogP) is 1.46. The first kappa shape index (κ1) is 14.1. The highest BCUT2D eigenvalue weighted by atomic mass is 16.5. The fraction of sp³-hybridized carbons (Fsp3) is 0.500. The SMILES string of the molecule is CC(=O)N1CCc2cc(C(=O)N3CCOCC3C)ccc21. The standard InChI is InChI=1S/C16H20N2O3/c1-11-10-21-8-7-17(11)16(20)14-3-4-15-13(9-14)5-6-18(15)12(2)19/h3-4,9,11H,5-8,10H2,1-2H3. The van der Waals surface area contributed by atoms with Crippen molar-refractivity contribution in [2.75, 3.05) is 31.2 Å². The Labute approximate surface area is 124 Å². The van der Waals surface area contributed by atoms with Gasteiger partial charge in [0.05, 0.1) is 19.3 Å². The maximum Gasteiger partial charge on any atom is 0.254 e. The summed E-state index contributed by atoms with van der Waals surface area (Å²) >= 11 is 0. The van der Waals surface area contributed by atoms with Crippen LogP contribution in [0.25, 0.3) is 0 Å². The van der Waals surface area contributed by atoms with Crippen molar-refractivity contribution in [2.24, 2.45) is 0 Å². The average molecular weight is 288 g/mol. The number of ether oxygens (including phenoxy) is 1. The van der Waals surface area contributed by atoms with E-state index in [1.807, 2.05) is 30.0 Å². The highest BCUT2D eigenvalue weighted by molar-refractivity contribution is 5.98. The molecule has 0 bridgehead atoms. The summed E-state index contributed by atoms with van der Waals surface area (Å²) in [6, 6.07) is 5.75. The number of fused-ring (bicyclic) bond motifs is 1. The van der Waals surface area contributed by atoms with Crippen molar-refractivity contribution in [3.63, 3.8) is 0 Å². The van der Waals surface area contributed by atoms with Gasteiger partial charge in [0.2, 0.25) is 5.91 Å². The Hall–Kier alpha value is -1.88. The number of carbonyl (C=O) groups excluding carboxylic acids is 2. The van der Waals surface area contributed by atoms with Crippen LogP contribution in [0.5, 0.6) is 0 Å². The predicted molar refractivity (Wildman–Crippen MR) is 79.5 cm³/mol. The minimum atomic E-state index is 0.0506. The molecule has 5 heteroatoms. The molecule has 0 radical (unpaired) electrons. The molecular formula is C16H20N2O3. The third-order valence-corrected chi connectivity index (χ3v) is 4.23. The molecule has 2 amide bonds. The molecule has 1 atom stereocenters. The van der Waals surface area contributed by atoms with Gasteiger partial charge in [0, 0.05) is 31.3 Å². The van der Waals surface area contributed by atoms with E-state index in [2.05, 4.69) is 0 Å². The molecule has 1 aromatic rings. The Morgan fingerprint density at radius 2 is 2.10 bits per heavy atom. The lowest BCUT2D eigenvalue weighted by Gasteiger charge is -2.33. The summed E-state index contributed by atoms with van der Waals surface area (Å²) in [5.41, 5.74) is 2.72. The van der Waals surface area contributed by atoms with Gasteiger partial charge in [0.15, 0.2) is 0 Å². The molecule has 2 aliphatic rings. The smallest absolute Gasteiger partial charge is 0.254 e. The zero-order chi connectivity index (χ0) is 15.0. The molecule has 112 valence electrons. The first-order chi connectivity index (χ1) is 10.1. The van der Waals surface area contributed by atoms with Crippen molar-refractivity contribution in [1.29, 1.82) is 0 Å². The molecule has 2 heterocycles. The third-order valence-electron chi connectivity index (χ3n) is 4.23. The van der Waals surface area contributed by atoms with Gasteiger partial charge in [0.25, 0.3) is 5.91 Å². The van der Waals surface area contributed by atoms with Crippen LogP contribution in [0.15, 0.2) is 18.2 Å². The zero-order valence-corrected chi connectivity index (χ0v) is 12.5. The number of anilines is 1. The molecule has 0 aliphatic carbocycles. The van der Waals surface area contributed by atoms with Crippen LogP contribution < -0.4 is 4.90 Å². The van der Waals surface area contributed by atoms with Gasteiger partial charge >= 0.3 is 0 Å². The van der Waals surface area contributed by atoms with Crippen LogP contribution in [0.1, 0.15) is 29.8 Å². The highest BCUT2D eigenvalue weighted by Gasteiger charge is 2.27. The Bertz CT molecular complexity index is 585. The summed E-state index contributed by atoms with van der Waals surface area (Å²) in [5, 5.41) is 0. The van der Waals surface area contributed by atoms with Gasteiger partial charge in [-0.1, -0.05) is 0 Å². The number of rotatable bonds is 1. The van der Waals surface area contributed by atoms with Gasteiger partial charge < -0.3 is 14.5 Å². The minimum absolute atomic E-state index is 0.0506. The van der Waals surface area contributed by atoms with Gasteiger partial charge in [-0.05, 0) is 37.1 Å². The number of benzene rings is 1. The van der Waals surface area contributed by atoms with E-state index in [9.17, 15) is 9.59 Å². The molecule has 1 aromatic carbocycles. The fourth-order valence-corrected chi connectivity index (χ4v) is 3.06. The molecule has 0 aromatic heterocycles. The zero-order valence-electron chi connectivity index (χ0n) is 12.5. The molecule has 1 fully saturated rings. The molecule has 3 rings (SSSR count). The van der Waals surface area contributed by atoms with E-state index in [1.165, 1.54) is 0 Å². The molecule has 2 aliphatic heterocycles. The van der Waals surface area contributed by atoms with E-state index in [4.69, 9.17) is 4.74 Å². The fourth-order valence-electron chi connectivity index (χ4n) is 3.06. The summed E-state index contributed by atoms with van der Waals surface area (Å²) in [6.45, 7) is 6.10. The number of hydrogen-bond acceptors (Lipinski definition) is 3. The van der Waals surface area contributed by atoms with Crippen molar-refractivity contribution >= 4 is 17.5 Å². The first-order valence-corrected chi connectivity index (χ1v) is 7.37. The molecule has 1 saturated heterocycles. The first-order valence-electron chi connectivity index (χ1n) is 7.37. The van der Waals surface area contributed by atoms with E-state index in [0.717, 1.165) is 17.7 Å². The number of amides is 2. The lowest BCUT2D eigenvalue weighted by molar-refractivity contribution is -0.116. The molecule has 0 N–H and O–H groups in total. The summed E-state index contributed by atoms with van der Waals surface area (Å²) < 4.78 is 5.37. The maximum absolute atomic E-state index is 12.6. The average Bonchev–Trinajstić information content (AvgIpc) is 2.90. The topological polar surface area (TPSA) is 49.9 Å². The monoisotopic (exact) mass is 288 g/mol. The maximum atomic E-state index is 12.6. The van der Waals surface area contributed by atoms with E-state index < -0.39 is 0 Å². The number of carbonyl (C=O) groups is 2. The highest BCUT2D eigenvalue weighted by Crippen LogP contribution is 2.29. The van der Waals surface area contributed by atoms with E-state index >= 15 is 0 Å². The van der Waals surface area contributed by atoms with E-state index in [1.54, 1.807) is 11.8 Å². The van der Waals surface area contributed by atoms with Crippen LogP contribution >= 0.6 is 0 Å². The third kappa shape index (κ3) is 2.53. The van der Waals surface area contributed by atoms with Crippen LogP contribution in [-0.4, -0.2) is 49.1 Å². The van der Waals surface area contributed by atoms with E-state index in [0.29, 0.717) is 31.9 Å². The van der Waals surface area contributed by atoms with Crippen molar-refractivity contribution in [3.8, 4) is 0 Å². The van der Waals surface area contributed by atoms with Crippen LogP contribution in [0.4, 0.5) is 5.69 Å². The molecule has 0 saturated carbocycles. The van der Waals surface area contributed by atoms with Crippen LogP contribution in [0.3, 0.4) is 0 Å². The molecule has 1 unspecified atom stereocenters. The summed E-state index contributed by atoms with van der Waals surface area (Å²) in [4.78, 5) is 27.8. The van der Waals surface area contributed by atoms with Gasteiger partial charge in [-0.15, -0.1) is 0 Å².